The predicted octanol–water partition coefficient (Wildman–Crippen LogP) is 1.89. The van der Waals surface area contributed by atoms with Crippen molar-refractivity contribution in [3.8, 4) is 0 Å². The number of amides is 1. The fourth-order valence-corrected chi connectivity index (χ4v) is 2.18. The van der Waals surface area contributed by atoms with Crippen LogP contribution in [0, 0.1) is 0 Å². The largest absolute Gasteiger partial charge is 0.370 e. The fraction of sp³-hybridized carbons (Fsp3) is 0.308. The quantitative estimate of drug-likeness (QED) is 0.906. The molecule has 5 nitrogen and oxygen atoms in total. The van der Waals surface area contributed by atoms with Crippen molar-refractivity contribution >= 4 is 23.1 Å². The van der Waals surface area contributed by atoms with Gasteiger partial charge in [-0.25, -0.2) is 9.97 Å². The Hall–Kier alpha value is -1.95. The summed E-state index contributed by atoms with van der Waals surface area (Å²) < 4.78 is 0. The van der Waals surface area contributed by atoms with Crippen LogP contribution in [0.5, 0.6) is 0 Å². The van der Waals surface area contributed by atoms with E-state index < -0.39 is 0 Å². The van der Waals surface area contributed by atoms with E-state index in [2.05, 4.69) is 15.3 Å². The van der Waals surface area contributed by atoms with Crippen LogP contribution < -0.4 is 5.32 Å². The highest BCUT2D eigenvalue weighted by atomic mass is 32.1. The van der Waals surface area contributed by atoms with E-state index in [1.165, 1.54) is 4.90 Å². The number of hydrogen-bond donors (Lipinski definition) is 1. The third kappa shape index (κ3) is 3.75. The Morgan fingerprint density at radius 1 is 1.37 bits per heavy atom. The van der Waals surface area contributed by atoms with Crippen LogP contribution in [0.3, 0.4) is 0 Å². The maximum Gasteiger partial charge on any atom is 0.254 e. The van der Waals surface area contributed by atoms with Crippen LogP contribution in [0.15, 0.2) is 29.9 Å². The number of pyridine rings is 1. The van der Waals surface area contributed by atoms with E-state index in [4.69, 9.17) is 0 Å². The molecule has 0 fully saturated rings. The smallest absolute Gasteiger partial charge is 0.254 e. The van der Waals surface area contributed by atoms with E-state index >= 15 is 0 Å². The van der Waals surface area contributed by atoms with E-state index in [0.717, 1.165) is 23.8 Å². The van der Waals surface area contributed by atoms with Gasteiger partial charge in [-0.05, 0) is 12.1 Å². The van der Waals surface area contributed by atoms with E-state index in [0.29, 0.717) is 5.56 Å². The molecule has 100 valence electrons. The Morgan fingerprint density at radius 3 is 2.79 bits per heavy atom. The van der Waals surface area contributed by atoms with Gasteiger partial charge in [0, 0.05) is 44.8 Å². The summed E-state index contributed by atoms with van der Waals surface area (Å²) in [5.74, 6) is 0.730. The fourth-order valence-electron chi connectivity index (χ4n) is 1.56. The first kappa shape index (κ1) is 13.5. The van der Waals surface area contributed by atoms with Crippen molar-refractivity contribution in [3.05, 3.63) is 40.5 Å². The van der Waals surface area contributed by atoms with Crippen LogP contribution >= 0.6 is 11.3 Å². The summed E-state index contributed by atoms with van der Waals surface area (Å²) in [7, 11) is 3.45. The topological polar surface area (TPSA) is 58.1 Å². The molecule has 19 heavy (non-hydrogen) atoms. The summed E-state index contributed by atoms with van der Waals surface area (Å²) in [6.07, 6.45) is 4.27. The minimum Gasteiger partial charge on any atom is -0.370 e. The van der Waals surface area contributed by atoms with Crippen molar-refractivity contribution in [2.45, 2.75) is 6.42 Å². The average molecular weight is 276 g/mol. The zero-order chi connectivity index (χ0) is 13.7. The van der Waals surface area contributed by atoms with Gasteiger partial charge in [0.05, 0.1) is 10.6 Å². The molecule has 1 amide bonds. The number of hydrogen-bond acceptors (Lipinski definition) is 5. The molecule has 6 heteroatoms. The van der Waals surface area contributed by atoms with Gasteiger partial charge in [-0.15, -0.1) is 11.3 Å². The Balaban J connectivity index is 1.86. The number of carbonyl (C=O) groups is 1. The van der Waals surface area contributed by atoms with E-state index in [9.17, 15) is 4.79 Å². The lowest BCUT2D eigenvalue weighted by Gasteiger charge is -2.10. The summed E-state index contributed by atoms with van der Waals surface area (Å²) in [4.78, 5) is 21.7. The molecule has 2 aromatic heterocycles. The standard InChI is InChI=1S/C13H16N4OS/c1-17(2)13(18)10-3-4-11(16-9-10)14-6-5-12-15-7-8-19-12/h3-4,7-9H,5-6H2,1-2H3,(H,14,16). The highest BCUT2D eigenvalue weighted by Gasteiger charge is 2.07. The summed E-state index contributed by atoms with van der Waals surface area (Å²) in [6.45, 7) is 0.779. The second-order valence-corrected chi connectivity index (χ2v) is 5.21. The molecule has 0 unspecified atom stereocenters. The minimum absolute atomic E-state index is 0.0400. The number of nitrogens with zero attached hydrogens (tertiary/aromatic N) is 3. The molecule has 0 aliphatic rings. The zero-order valence-corrected chi connectivity index (χ0v) is 11.8. The van der Waals surface area contributed by atoms with Crippen LogP contribution in [0.4, 0.5) is 5.82 Å². The zero-order valence-electron chi connectivity index (χ0n) is 11.0. The normalized spacial score (nSPS) is 10.2. The molecule has 0 aromatic carbocycles. The van der Waals surface area contributed by atoms with Gasteiger partial charge in [0.15, 0.2) is 0 Å². The minimum atomic E-state index is -0.0400. The maximum atomic E-state index is 11.7. The first-order valence-corrected chi connectivity index (χ1v) is 6.85. The molecule has 0 bridgehead atoms. The molecule has 0 saturated heterocycles. The first-order valence-electron chi connectivity index (χ1n) is 5.97. The SMILES string of the molecule is CN(C)C(=O)c1ccc(NCCc2nccs2)nc1. The van der Waals surface area contributed by atoms with Gasteiger partial charge >= 0.3 is 0 Å². The van der Waals surface area contributed by atoms with Gasteiger partial charge in [0.25, 0.3) is 5.91 Å². The lowest BCUT2D eigenvalue weighted by molar-refractivity contribution is 0.0827. The number of nitrogens with one attached hydrogen (secondary N) is 1. The summed E-state index contributed by atoms with van der Waals surface area (Å²) in [6, 6.07) is 3.60. The lowest BCUT2D eigenvalue weighted by atomic mass is 10.2. The highest BCUT2D eigenvalue weighted by molar-refractivity contribution is 7.09. The van der Waals surface area contributed by atoms with Crippen LogP contribution in [-0.2, 0) is 6.42 Å². The van der Waals surface area contributed by atoms with Crippen LogP contribution in [0.2, 0.25) is 0 Å². The third-order valence-corrected chi connectivity index (χ3v) is 3.38. The Labute approximate surface area is 116 Å². The van der Waals surface area contributed by atoms with Crippen molar-refractivity contribution in [2.24, 2.45) is 0 Å². The summed E-state index contributed by atoms with van der Waals surface area (Å²) in [5.41, 5.74) is 0.593. The molecule has 2 heterocycles. The monoisotopic (exact) mass is 276 g/mol. The highest BCUT2D eigenvalue weighted by Crippen LogP contribution is 2.08. The Bertz CT molecular complexity index is 522. The first-order chi connectivity index (χ1) is 9.16. The molecule has 2 aromatic rings. The van der Waals surface area contributed by atoms with Crippen molar-refractivity contribution in [1.82, 2.24) is 14.9 Å². The molecule has 0 atom stereocenters. The lowest BCUT2D eigenvalue weighted by Crippen LogP contribution is -2.21. The summed E-state index contributed by atoms with van der Waals surface area (Å²) in [5, 5.41) is 6.28. The van der Waals surface area contributed by atoms with Crippen molar-refractivity contribution in [2.75, 3.05) is 26.0 Å². The molecule has 0 spiro atoms. The summed E-state index contributed by atoms with van der Waals surface area (Å²) >= 11 is 1.65. The number of thiazole rings is 1. The maximum absolute atomic E-state index is 11.7. The van der Waals surface area contributed by atoms with Gasteiger partial charge in [-0.2, -0.15) is 0 Å². The van der Waals surface area contributed by atoms with Crippen molar-refractivity contribution < 1.29 is 4.79 Å². The molecule has 0 aliphatic carbocycles. The van der Waals surface area contributed by atoms with Crippen LogP contribution in [-0.4, -0.2) is 41.4 Å². The van der Waals surface area contributed by atoms with E-state index in [1.54, 1.807) is 43.9 Å². The van der Waals surface area contributed by atoms with E-state index in [1.807, 2.05) is 11.4 Å². The van der Waals surface area contributed by atoms with Gasteiger partial charge in [-0.1, -0.05) is 0 Å². The van der Waals surface area contributed by atoms with Gasteiger partial charge < -0.3 is 10.2 Å². The van der Waals surface area contributed by atoms with Crippen molar-refractivity contribution in [1.29, 1.82) is 0 Å². The molecular weight excluding hydrogens is 260 g/mol. The average Bonchev–Trinajstić information content (AvgIpc) is 2.92. The Morgan fingerprint density at radius 2 is 2.21 bits per heavy atom. The molecule has 2 rings (SSSR count). The van der Waals surface area contributed by atoms with Gasteiger partial charge in [-0.3, -0.25) is 4.79 Å². The number of anilines is 1. The Kier molecular flexibility index (Phi) is 4.46. The number of carbonyl (C=O) groups excluding carboxylic acids is 1. The van der Waals surface area contributed by atoms with Crippen LogP contribution in [0.1, 0.15) is 15.4 Å². The molecular formula is C13H16N4OS. The molecule has 0 radical (unpaired) electrons. The number of aromatic nitrogens is 2. The third-order valence-electron chi connectivity index (χ3n) is 2.55. The van der Waals surface area contributed by atoms with Crippen LogP contribution in [0.25, 0.3) is 0 Å². The molecule has 1 N–H and O–H groups in total. The molecule has 0 aliphatic heterocycles. The second kappa shape index (κ2) is 6.29. The van der Waals surface area contributed by atoms with Gasteiger partial charge in [0.2, 0.25) is 0 Å². The van der Waals surface area contributed by atoms with Crippen molar-refractivity contribution in [3.63, 3.8) is 0 Å². The predicted molar refractivity (Wildman–Crippen MR) is 76.6 cm³/mol. The van der Waals surface area contributed by atoms with E-state index in [-0.39, 0.29) is 5.91 Å². The number of rotatable bonds is 5. The second-order valence-electron chi connectivity index (χ2n) is 4.23. The molecule has 0 saturated carbocycles. The van der Waals surface area contributed by atoms with Gasteiger partial charge in [0.1, 0.15) is 5.82 Å².